The lowest BCUT2D eigenvalue weighted by Gasteiger charge is -2.13. The first-order valence-corrected chi connectivity index (χ1v) is 8.44. The summed E-state index contributed by atoms with van der Waals surface area (Å²) in [6, 6.07) is 8.90. The first kappa shape index (κ1) is 13.3. The van der Waals surface area contributed by atoms with E-state index in [1.807, 2.05) is 0 Å². The summed E-state index contributed by atoms with van der Waals surface area (Å²) in [5.74, 6) is 4.49. The largest absolute Gasteiger partial charge is 0.314 e. The van der Waals surface area contributed by atoms with Gasteiger partial charge < -0.3 is 4.57 Å². The Morgan fingerprint density at radius 1 is 1.24 bits per heavy atom. The van der Waals surface area contributed by atoms with Crippen LogP contribution in [0.2, 0.25) is 0 Å². The van der Waals surface area contributed by atoms with E-state index in [0.29, 0.717) is 17.7 Å². The third-order valence-corrected chi connectivity index (χ3v) is 5.29. The molecule has 2 aromatic rings. The molecule has 0 spiro atoms. The van der Waals surface area contributed by atoms with Gasteiger partial charge in [0, 0.05) is 12.5 Å². The van der Waals surface area contributed by atoms with E-state index in [4.69, 9.17) is 11.6 Å². The summed E-state index contributed by atoms with van der Waals surface area (Å²) < 4.78 is 2.26. The number of aryl methyl sites for hydroxylation is 1. The number of hydrogen-bond acceptors (Lipinski definition) is 2. The van der Waals surface area contributed by atoms with E-state index in [-0.39, 0.29) is 0 Å². The number of halogens is 1. The third kappa shape index (κ3) is 2.02. The second-order valence-corrected chi connectivity index (χ2v) is 6.48. The first-order chi connectivity index (χ1) is 10.3. The molecule has 1 saturated carbocycles. The third-order valence-electron chi connectivity index (χ3n) is 5.05. The van der Waals surface area contributed by atoms with Crippen molar-refractivity contribution in [3.63, 3.8) is 0 Å². The molecular formula is C17H20ClN3. The minimum Gasteiger partial charge on any atom is -0.314 e. The van der Waals surface area contributed by atoms with Crippen LogP contribution in [-0.4, -0.2) is 14.8 Å². The van der Waals surface area contributed by atoms with Crippen molar-refractivity contribution in [2.75, 3.05) is 0 Å². The zero-order valence-electron chi connectivity index (χ0n) is 12.3. The fourth-order valence-corrected chi connectivity index (χ4v) is 4.28. The van der Waals surface area contributed by atoms with Crippen LogP contribution in [0.5, 0.6) is 0 Å². The van der Waals surface area contributed by atoms with Crippen LogP contribution >= 0.6 is 11.6 Å². The topological polar surface area (TPSA) is 30.7 Å². The minimum atomic E-state index is 0.450. The van der Waals surface area contributed by atoms with E-state index in [2.05, 4.69) is 46.0 Å². The quantitative estimate of drug-likeness (QED) is 0.803. The molecule has 1 aromatic carbocycles. The van der Waals surface area contributed by atoms with Crippen LogP contribution in [0.25, 0.3) is 0 Å². The number of aromatic nitrogens is 3. The van der Waals surface area contributed by atoms with Crippen molar-refractivity contribution in [3.8, 4) is 0 Å². The number of fused-ring (bicyclic) bond motifs is 3. The molecule has 1 aromatic heterocycles. The highest BCUT2D eigenvalue weighted by Gasteiger charge is 2.56. The van der Waals surface area contributed by atoms with Crippen LogP contribution in [0.1, 0.15) is 54.4 Å². The highest BCUT2D eigenvalue weighted by Crippen LogP contribution is 2.64. The van der Waals surface area contributed by atoms with Gasteiger partial charge in [-0.2, -0.15) is 0 Å². The first-order valence-electron chi connectivity index (χ1n) is 7.91. The van der Waals surface area contributed by atoms with Crippen molar-refractivity contribution in [1.29, 1.82) is 0 Å². The molecule has 21 heavy (non-hydrogen) atoms. The molecule has 0 saturated heterocycles. The van der Waals surface area contributed by atoms with Crippen molar-refractivity contribution < 1.29 is 0 Å². The monoisotopic (exact) mass is 301 g/mol. The van der Waals surface area contributed by atoms with Gasteiger partial charge in [0.05, 0.1) is 5.88 Å². The Bertz CT molecular complexity index is 664. The van der Waals surface area contributed by atoms with Gasteiger partial charge in [0.2, 0.25) is 0 Å². The molecule has 1 fully saturated rings. The Kier molecular flexibility index (Phi) is 3.26. The smallest absolute Gasteiger partial charge is 0.147 e. The Morgan fingerprint density at radius 3 is 2.90 bits per heavy atom. The highest BCUT2D eigenvalue weighted by atomic mass is 35.5. The molecule has 0 amide bonds. The number of benzene rings is 1. The molecule has 0 aliphatic heterocycles. The van der Waals surface area contributed by atoms with Crippen LogP contribution in [0.4, 0.5) is 0 Å². The Hall–Kier alpha value is -1.35. The van der Waals surface area contributed by atoms with Gasteiger partial charge in [-0.15, -0.1) is 21.8 Å². The minimum absolute atomic E-state index is 0.450. The van der Waals surface area contributed by atoms with Crippen LogP contribution in [0.15, 0.2) is 24.3 Å². The molecule has 0 bridgehead atoms. The summed E-state index contributed by atoms with van der Waals surface area (Å²) >= 11 is 6.02. The van der Waals surface area contributed by atoms with E-state index >= 15 is 0 Å². The molecular weight excluding hydrogens is 282 g/mol. The molecule has 1 heterocycles. The molecule has 0 N–H and O–H groups in total. The second-order valence-electron chi connectivity index (χ2n) is 6.21. The zero-order chi connectivity index (χ0) is 14.4. The van der Waals surface area contributed by atoms with Crippen LogP contribution in [-0.2, 0) is 18.8 Å². The number of nitrogens with zero attached hydrogens (tertiary/aromatic N) is 3. The van der Waals surface area contributed by atoms with E-state index in [9.17, 15) is 0 Å². The molecule has 2 aliphatic rings. The van der Waals surface area contributed by atoms with Crippen LogP contribution < -0.4 is 0 Å². The molecule has 0 radical (unpaired) electrons. The molecule has 4 heteroatoms. The van der Waals surface area contributed by atoms with Crippen molar-refractivity contribution in [2.45, 2.75) is 50.4 Å². The lowest BCUT2D eigenvalue weighted by atomic mass is 9.92. The maximum Gasteiger partial charge on any atom is 0.147 e. The maximum absolute atomic E-state index is 6.02. The Labute approximate surface area is 130 Å². The van der Waals surface area contributed by atoms with Gasteiger partial charge in [-0.25, -0.2) is 0 Å². The van der Waals surface area contributed by atoms with Crippen LogP contribution in [0.3, 0.4) is 0 Å². The normalized spacial score (nSPS) is 26.3. The van der Waals surface area contributed by atoms with Gasteiger partial charge in [0.1, 0.15) is 11.6 Å². The van der Waals surface area contributed by atoms with E-state index in [1.165, 1.54) is 29.8 Å². The average Bonchev–Trinajstić information content (AvgIpc) is 3.13. The molecule has 110 valence electrons. The fourth-order valence-electron chi connectivity index (χ4n) is 4.08. The summed E-state index contributed by atoms with van der Waals surface area (Å²) in [6.45, 7) is 3.17. The Balaban J connectivity index is 1.70. The van der Waals surface area contributed by atoms with Crippen LogP contribution in [0, 0.1) is 5.92 Å². The standard InChI is InChI=1S/C17H20ClN3/c1-2-9-21-14(10-18)19-20-17(21)16-13-8-7-11-5-3-4-6-12(11)15(13)16/h3-6,13,15-16H,2,7-10H2,1H3. The number of rotatable bonds is 4. The van der Waals surface area contributed by atoms with Gasteiger partial charge in [-0.05, 0) is 42.2 Å². The van der Waals surface area contributed by atoms with Gasteiger partial charge in [-0.3, -0.25) is 0 Å². The van der Waals surface area contributed by atoms with Gasteiger partial charge in [0.15, 0.2) is 0 Å². The fraction of sp³-hybridized carbons (Fsp3) is 0.529. The van der Waals surface area contributed by atoms with Gasteiger partial charge in [0.25, 0.3) is 0 Å². The van der Waals surface area contributed by atoms with E-state index < -0.39 is 0 Å². The molecule has 3 nitrogen and oxygen atoms in total. The summed E-state index contributed by atoms with van der Waals surface area (Å²) in [4.78, 5) is 0. The van der Waals surface area contributed by atoms with E-state index in [1.54, 1.807) is 0 Å². The average molecular weight is 302 g/mol. The number of alkyl halides is 1. The van der Waals surface area contributed by atoms with Gasteiger partial charge >= 0.3 is 0 Å². The lowest BCUT2D eigenvalue weighted by molar-refractivity contribution is 0.601. The van der Waals surface area contributed by atoms with Crippen molar-refractivity contribution in [1.82, 2.24) is 14.8 Å². The summed E-state index contributed by atoms with van der Waals surface area (Å²) in [6.07, 6.45) is 3.58. The molecule has 2 aliphatic carbocycles. The summed E-state index contributed by atoms with van der Waals surface area (Å²) in [7, 11) is 0. The predicted molar refractivity (Wildman–Crippen MR) is 83.6 cm³/mol. The van der Waals surface area contributed by atoms with Crippen molar-refractivity contribution in [2.24, 2.45) is 5.92 Å². The molecule has 3 unspecified atom stereocenters. The van der Waals surface area contributed by atoms with Crippen molar-refractivity contribution >= 4 is 11.6 Å². The lowest BCUT2D eigenvalue weighted by Crippen LogP contribution is -2.06. The Morgan fingerprint density at radius 2 is 2.10 bits per heavy atom. The predicted octanol–water partition coefficient (Wildman–Crippen LogP) is 3.87. The van der Waals surface area contributed by atoms with Crippen molar-refractivity contribution in [3.05, 3.63) is 47.0 Å². The zero-order valence-corrected chi connectivity index (χ0v) is 13.1. The SMILES string of the molecule is CCCn1c(CCl)nnc1C1C2CCc3ccccc3C21. The number of hydrogen-bond donors (Lipinski definition) is 0. The molecule has 4 rings (SSSR count). The summed E-state index contributed by atoms with van der Waals surface area (Å²) in [5, 5.41) is 8.80. The van der Waals surface area contributed by atoms with E-state index in [0.717, 1.165) is 24.7 Å². The second kappa shape index (κ2) is 5.13. The highest BCUT2D eigenvalue weighted by molar-refractivity contribution is 6.16. The van der Waals surface area contributed by atoms with Gasteiger partial charge in [-0.1, -0.05) is 31.2 Å². The maximum atomic E-state index is 6.02. The summed E-state index contributed by atoms with van der Waals surface area (Å²) in [5.41, 5.74) is 3.07. The molecule has 3 atom stereocenters.